The molecule has 0 bridgehead atoms. The van der Waals surface area contributed by atoms with Gasteiger partial charge >= 0.3 is 0 Å². The monoisotopic (exact) mass is 356 g/mol. The van der Waals surface area contributed by atoms with Gasteiger partial charge in [-0.3, -0.25) is 4.79 Å². The molecule has 1 heterocycles. The fourth-order valence-electron chi connectivity index (χ4n) is 2.56. The number of ether oxygens (including phenoxy) is 2. The van der Waals surface area contributed by atoms with Crippen molar-refractivity contribution in [2.45, 2.75) is 24.4 Å². The van der Waals surface area contributed by atoms with Crippen LogP contribution in [0.3, 0.4) is 0 Å². The number of nitrogens with two attached hydrogens (primary N) is 1. The van der Waals surface area contributed by atoms with Crippen molar-refractivity contribution < 1.29 is 14.3 Å². The highest BCUT2D eigenvalue weighted by molar-refractivity contribution is 9.10. The number of rotatable bonds is 5. The van der Waals surface area contributed by atoms with Gasteiger partial charge in [0.15, 0.2) is 0 Å². The predicted octanol–water partition coefficient (Wildman–Crippen LogP) is 1.54. The quantitative estimate of drug-likeness (QED) is 0.839. The molecule has 116 valence electrons. The Hall–Kier alpha value is -0.950. The smallest absolute Gasteiger partial charge is 0.240 e. The SMILES string of the molecule is COCC(N)C(=O)NC1(c2ccc(Br)cc2)CCOCC1. The van der Waals surface area contributed by atoms with Crippen LogP contribution in [0.25, 0.3) is 0 Å². The maximum absolute atomic E-state index is 12.3. The fraction of sp³-hybridized carbons (Fsp3) is 0.533. The first-order valence-electron chi connectivity index (χ1n) is 6.98. The summed E-state index contributed by atoms with van der Waals surface area (Å²) in [4.78, 5) is 12.3. The molecule has 0 radical (unpaired) electrons. The van der Waals surface area contributed by atoms with E-state index in [1.165, 1.54) is 7.11 Å². The van der Waals surface area contributed by atoms with Crippen LogP contribution in [0, 0.1) is 0 Å². The average Bonchev–Trinajstić information content (AvgIpc) is 2.49. The van der Waals surface area contributed by atoms with E-state index in [4.69, 9.17) is 15.2 Å². The molecular weight excluding hydrogens is 336 g/mol. The topological polar surface area (TPSA) is 73.6 Å². The number of halogens is 1. The van der Waals surface area contributed by atoms with Gasteiger partial charge in [-0.05, 0) is 30.5 Å². The zero-order valence-electron chi connectivity index (χ0n) is 12.1. The molecule has 3 N–H and O–H groups in total. The molecule has 0 saturated carbocycles. The molecule has 1 aromatic carbocycles. The maximum Gasteiger partial charge on any atom is 0.240 e. The predicted molar refractivity (Wildman–Crippen MR) is 83.9 cm³/mol. The first-order valence-corrected chi connectivity index (χ1v) is 7.77. The Balaban J connectivity index is 2.21. The summed E-state index contributed by atoms with van der Waals surface area (Å²) in [6.07, 6.45) is 1.47. The van der Waals surface area contributed by atoms with Gasteiger partial charge in [0.05, 0.1) is 12.1 Å². The minimum atomic E-state index is -0.662. The Morgan fingerprint density at radius 1 is 1.43 bits per heavy atom. The molecule has 1 aromatic rings. The Bertz CT molecular complexity index is 472. The summed E-state index contributed by atoms with van der Waals surface area (Å²) in [5.74, 6) is -0.193. The number of carbonyl (C=O) groups is 1. The molecule has 1 unspecified atom stereocenters. The third kappa shape index (κ3) is 4.03. The van der Waals surface area contributed by atoms with E-state index >= 15 is 0 Å². The van der Waals surface area contributed by atoms with Crippen LogP contribution in [0.15, 0.2) is 28.7 Å². The van der Waals surface area contributed by atoms with Gasteiger partial charge in [-0.15, -0.1) is 0 Å². The normalized spacial score (nSPS) is 19.0. The highest BCUT2D eigenvalue weighted by Crippen LogP contribution is 2.33. The highest BCUT2D eigenvalue weighted by Gasteiger charge is 2.36. The van der Waals surface area contributed by atoms with Crippen molar-refractivity contribution in [2.75, 3.05) is 26.9 Å². The molecule has 0 spiro atoms. The minimum absolute atomic E-state index is 0.193. The van der Waals surface area contributed by atoms with Gasteiger partial charge in [0.1, 0.15) is 6.04 Å². The zero-order chi connectivity index (χ0) is 15.3. The van der Waals surface area contributed by atoms with Gasteiger partial charge in [0.2, 0.25) is 5.91 Å². The Morgan fingerprint density at radius 2 is 2.05 bits per heavy atom. The molecule has 21 heavy (non-hydrogen) atoms. The van der Waals surface area contributed by atoms with Crippen molar-refractivity contribution in [2.24, 2.45) is 5.73 Å². The number of carbonyl (C=O) groups excluding carboxylic acids is 1. The van der Waals surface area contributed by atoms with Crippen LogP contribution >= 0.6 is 15.9 Å². The minimum Gasteiger partial charge on any atom is -0.383 e. The number of hydrogen-bond donors (Lipinski definition) is 2. The van der Waals surface area contributed by atoms with Crippen LogP contribution in [0.5, 0.6) is 0 Å². The van der Waals surface area contributed by atoms with Crippen molar-refractivity contribution in [1.29, 1.82) is 0 Å². The summed E-state index contributed by atoms with van der Waals surface area (Å²) < 4.78 is 11.4. The number of methoxy groups -OCH3 is 1. The first kappa shape index (κ1) is 16.4. The van der Waals surface area contributed by atoms with Gasteiger partial charge in [-0.1, -0.05) is 28.1 Å². The lowest BCUT2D eigenvalue weighted by molar-refractivity contribution is -0.126. The van der Waals surface area contributed by atoms with Gasteiger partial charge in [-0.25, -0.2) is 0 Å². The van der Waals surface area contributed by atoms with E-state index in [2.05, 4.69) is 21.2 Å². The molecule has 1 saturated heterocycles. The summed E-state index contributed by atoms with van der Waals surface area (Å²) in [6.45, 7) is 1.45. The second-order valence-corrected chi connectivity index (χ2v) is 6.17. The van der Waals surface area contributed by atoms with Gasteiger partial charge in [0.25, 0.3) is 0 Å². The molecule has 1 aliphatic rings. The van der Waals surface area contributed by atoms with Crippen LogP contribution in [0.1, 0.15) is 18.4 Å². The second-order valence-electron chi connectivity index (χ2n) is 5.25. The summed E-state index contributed by atoms with van der Waals surface area (Å²) in [7, 11) is 1.53. The van der Waals surface area contributed by atoms with Crippen molar-refractivity contribution in [3.05, 3.63) is 34.3 Å². The highest BCUT2D eigenvalue weighted by atomic mass is 79.9. The Labute approximate surface area is 133 Å². The summed E-state index contributed by atoms with van der Waals surface area (Å²) in [6, 6.07) is 7.35. The molecule has 1 fully saturated rings. The van der Waals surface area contributed by atoms with Gasteiger partial charge in [-0.2, -0.15) is 0 Å². The second kappa shape index (κ2) is 7.35. The molecule has 1 aliphatic heterocycles. The van der Waals surface area contributed by atoms with E-state index < -0.39 is 11.6 Å². The van der Waals surface area contributed by atoms with Gasteiger partial charge < -0.3 is 20.5 Å². The number of nitrogens with one attached hydrogen (secondary N) is 1. The molecular formula is C15H21BrN2O3. The van der Waals surface area contributed by atoms with Crippen LogP contribution < -0.4 is 11.1 Å². The van der Waals surface area contributed by atoms with Crippen molar-refractivity contribution in [1.82, 2.24) is 5.32 Å². The number of benzene rings is 1. The molecule has 0 aromatic heterocycles. The van der Waals surface area contributed by atoms with E-state index in [-0.39, 0.29) is 12.5 Å². The van der Waals surface area contributed by atoms with E-state index in [9.17, 15) is 4.79 Å². The van der Waals surface area contributed by atoms with Crippen molar-refractivity contribution in [3.63, 3.8) is 0 Å². The molecule has 2 rings (SSSR count). The summed E-state index contributed by atoms with van der Waals surface area (Å²) in [5.41, 5.74) is 6.49. The number of hydrogen-bond acceptors (Lipinski definition) is 4. The number of amides is 1. The lowest BCUT2D eigenvalue weighted by atomic mass is 9.82. The van der Waals surface area contributed by atoms with E-state index in [1.807, 2.05) is 24.3 Å². The molecule has 6 heteroatoms. The van der Waals surface area contributed by atoms with Crippen LogP contribution in [-0.2, 0) is 19.8 Å². The molecule has 0 aliphatic carbocycles. The van der Waals surface area contributed by atoms with Gasteiger partial charge in [0, 0.05) is 24.8 Å². The maximum atomic E-state index is 12.3. The first-order chi connectivity index (χ1) is 10.1. The van der Waals surface area contributed by atoms with Crippen LogP contribution in [0.2, 0.25) is 0 Å². The Morgan fingerprint density at radius 3 is 2.62 bits per heavy atom. The van der Waals surface area contributed by atoms with Crippen molar-refractivity contribution >= 4 is 21.8 Å². The van der Waals surface area contributed by atoms with Crippen LogP contribution in [0.4, 0.5) is 0 Å². The largest absolute Gasteiger partial charge is 0.383 e. The lowest BCUT2D eigenvalue weighted by Crippen LogP contribution is -2.55. The average molecular weight is 357 g/mol. The molecule has 1 amide bonds. The Kier molecular flexibility index (Phi) is 5.75. The lowest BCUT2D eigenvalue weighted by Gasteiger charge is -2.39. The molecule has 1 atom stereocenters. The van der Waals surface area contributed by atoms with E-state index in [0.29, 0.717) is 13.2 Å². The third-order valence-electron chi connectivity index (χ3n) is 3.79. The third-order valence-corrected chi connectivity index (χ3v) is 4.32. The standard InChI is InChI=1S/C15H21BrN2O3/c1-20-10-13(17)14(19)18-15(6-8-21-9-7-15)11-2-4-12(16)5-3-11/h2-5,13H,6-10,17H2,1H3,(H,18,19). The fourth-order valence-corrected chi connectivity index (χ4v) is 2.82. The van der Waals surface area contributed by atoms with Crippen LogP contribution in [-0.4, -0.2) is 38.9 Å². The summed E-state index contributed by atoms with van der Waals surface area (Å²) in [5, 5.41) is 3.11. The molecule has 5 nitrogen and oxygen atoms in total. The van der Waals surface area contributed by atoms with E-state index in [0.717, 1.165) is 22.9 Å². The van der Waals surface area contributed by atoms with Crippen molar-refractivity contribution in [3.8, 4) is 0 Å². The zero-order valence-corrected chi connectivity index (χ0v) is 13.7. The summed E-state index contributed by atoms with van der Waals surface area (Å²) >= 11 is 3.43. The van der Waals surface area contributed by atoms with E-state index in [1.54, 1.807) is 0 Å².